The van der Waals surface area contributed by atoms with Gasteiger partial charge in [0, 0.05) is 5.92 Å². The summed E-state index contributed by atoms with van der Waals surface area (Å²) in [6.45, 7) is 6.14. The van der Waals surface area contributed by atoms with Crippen molar-refractivity contribution >= 4 is 29.0 Å². The van der Waals surface area contributed by atoms with Crippen LogP contribution in [0, 0.1) is 11.8 Å². The lowest BCUT2D eigenvalue weighted by Gasteiger charge is -2.22. The maximum atomic E-state index is 12.4. The molecule has 0 aliphatic carbocycles. The number of hydrogen-bond acceptors (Lipinski definition) is 9. The van der Waals surface area contributed by atoms with Crippen molar-refractivity contribution in [2.75, 3.05) is 11.9 Å². The largest absolute Gasteiger partial charge is 0.454 e. The number of imidazole rings is 1. The first-order valence-corrected chi connectivity index (χ1v) is 9.56. The Labute approximate surface area is 171 Å². The number of fused-ring (bicyclic) bond motifs is 1. The van der Waals surface area contributed by atoms with Gasteiger partial charge in [-0.1, -0.05) is 27.7 Å². The number of nitrogens with one attached hydrogen (secondary N) is 2. The van der Waals surface area contributed by atoms with Gasteiger partial charge in [-0.05, 0) is 0 Å². The molecule has 12 nitrogen and oxygen atoms in total. The summed E-state index contributed by atoms with van der Waals surface area (Å²) in [6.07, 6.45) is -3.31. The number of H-pyrrole nitrogens is 1. The first-order valence-electron chi connectivity index (χ1n) is 9.56. The molecule has 1 saturated heterocycles. The van der Waals surface area contributed by atoms with Crippen molar-refractivity contribution in [2.24, 2.45) is 11.8 Å². The monoisotopic (exact) mass is 423 g/mol. The van der Waals surface area contributed by atoms with Crippen LogP contribution in [0.4, 0.5) is 5.95 Å². The quantitative estimate of drug-likeness (QED) is 0.449. The van der Waals surface area contributed by atoms with Crippen LogP contribution >= 0.6 is 0 Å². The fourth-order valence-corrected chi connectivity index (χ4v) is 2.92. The van der Waals surface area contributed by atoms with Gasteiger partial charge >= 0.3 is 5.97 Å². The van der Waals surface area contributed by atoms with Crippen LogP contribution in [0.15, 0.2) is 11.1 Å². The van der Waals surface area contributed by atoms with Crippen molar-refractivity contribution < 1.29 is 29.3 Å². The van der Waals surface area contributed by atoms with Crippen LogP contribution in [0.3, 0.4) is 0 Å². The molecule has 0 radical (unpaired) electrons. The van der Waals surface area contributed by atoms with Crippen LogP contribution in [-0.4, -0.2) is 66.5 Å². The summed E-state index contributed by atoms with van der Waals surface area (Å²) < 4.78 is 12.4. The second-order valence-corrected chi connectivity index (χ2v) is 7.68. The molecule has 3 rings (SSSR count). The van der Waals surface area contributed by atoms with E-state index in [4.69, 9.17) is 9.47 Å². The smallest absolute Gasteiger partial charge is 0.308 e. The number of esters is 1. The Bertz CT molecular complexity index is 998. The number of aromatic nitrogens is 4. The van der Waals surface area contributed by atoms with Crippen molar-refractivity contribution in [3.63, 3.8) is 0 Å². The Morgan fingerprint density at radius 3 is 2.63 bits per heavy atom. The van der Waals surface area contributed by atoms with E-state index in [2.05, 4.69) is 20.3 Å². The molecule has 1 aliphatic heterocycles. The van der Waals surface area contributed by atoms with E-state index < -0.39 is 48.6 Å². The molecule has 4 atom stereocenters. The van der Waals surface area contributed by atoms with E-state index in [1.54, 1.807) is 27.7 Å². The molecule has 0 saturated carbocycles. The average Bonchev–Trinajstić information content (AvgIpc) is 3.23. The second kappa shape index (κ2) is 8.50. The highest BCUT2D eigenvalue weighted by atomic mass is 16.6. The van der Waals surface area contributed by atoms with Gasteiger partial charge in [-0.3, -0.25) is 29.3 Å². The number of hydrogen-bond donors (Lipinski definition) is 4. The minimum Gasteiger partial charge on any atom is -0.454 e. The zero-order valence-corrected chi connectivity index (χ0v) is 17.0. The Kier molecular flexibility index (Phi) is 6.19. The van der Waals surface area contributed by atoms with E-state index in [1.165, 1.54) is 10.9 Å². The SMILES string of the molecule is CC(C)C(=O)Nc1nc2c(ncn2[C@@H]2O[C@H](CO)[C@@H](O)[C@@H]2OC(=O)C(C)C)c(=O)[nH]1. The molecule has 30 heavy (non-hydrogen) atoms. The highest BCUT2D eigenvalue weighted by Crippen LogP contribution is 2.33. The summed E-state index contributed by atoms with van der Waals surface area (Å²) in [5.74, 6) is -1.79. The Hall–Kier alpha value is -2.83. The van der Waals surface area contributed by atoms with E-state index in [1.807, 2.05) is 0 Å². The van der Waals surface area contributed by atoms with Crippen LogP contribution in [0.25, 0.3) is 11.2 Å². The highest BCUT2D eigenvalue weighted by Gasteiger charge is 2.47. The maximum Gasteiger partial charge on any atom is 0.308 e. The third-order valence-electron chi connectivity index (χ3n) is 4.69. The summed E-state index contributed by atoms with van der Waals surface area (Å²) in [5.41, 5.74) is -0.568. The summed E-state index contributed by atoms with van der Waals surface area (Å²) >= 11 is 0. The molecular formula is C18H25N5O7. The number of ether oxygens (including phenoxy) is 2. The molecule has 3 heterocycles. The zero-order chi connectivity index (χ0) is 22.2. The van der Waals surface area contributed by atoms with Crippen molar-refractivity contribution in [2.45, 2.75) is 52.2 Å². The average molecular weight is 423 g/mol. The van der Waals surface area contributed by atoms with Crippen molar-refractivity contribution in [3.8, 4) is 0 Å². The molecule has 1 aliphatic rings. The number of carbonyl (C=O) groups is 2. The summed E-state index contributed by atoms with van der Waals surface area (Å²) in [6, 6.07) is 0. The van der Waals surface area contributed by atoms with Crippen LogP contribution in [-0.2, 0) is 19.1 Å². The van der Waals surface area contributed by atoms with E-state index in [0.29, 0.717) is 0 Å². The molecule has 2 aromatic rings. The molecule has 0 bridgehead atoms. The van der Waals surface area contributed by atoms with Gasteiger partial charge in [-0.2, -0.15) is 4.98 Å². The molecule has 1 amide bonds. The lowest BCUT2D eigenvalue weighted by Crippen LogP contribution is -2.37. The number of anilines is 1. The zero-order valence-electron chi connectivity index (χ0n) is 17.0. The van der Waals surface area contributed by atoms with Gasteiger partial charge in [-0.15, -0.1) is 0 Å². The minimum atomic E-state index is -1.30. The molecule has 12 heteroatoms. The topological polar surface area (TPSA) is 169 Å². The molecule has 0 spiro atoms. The lowest BCUT2D eigenvalue weighted by atomic mass is 10.1. The third-order valence-corrected chi connectivity index (χ3v) is 4.69. The standard InChI is InChI=1S/C18H25N5O7/c1-7(2)14(26)21-18-20-13-10(15(27)22-18)19-6-23(13)16-12(30-17(28)8(3)4)11(25)9(5-24)29-16/h6-9,11-12,16,24-25H,5H2,1-4H3,(H2,20,21,22,26,27)/t9-,11-,12+,16-/m1/s1. The molecule has 0 aromatic carbocycles. The molecule has 0 unspecified atom stereocenters. The molecule has 4 N–H and O–H groups in total. The minimum absolute atomic E-state index is 0.0305. The van der Waals surface area contributed by atoms with Crippen LogP contribution in [0.1, 0.15) is 33.9 Å². The van der Waals surface area contributed by atoms with Crippen LogP contribution < -0.4 is 10.9 Å². The Morgan fingerprint density at radius 2 is 2.03 bits per heavy atom. The molecule has 2 aromatic heterocycles. The summed E-state index contributed by atoms with van der Waals surface area (Å²) in [7, 11) is 0. The van der Waals surface area contributed by atoms with E-state index in [0.717, 1.165) is 0 Å². The second-order valence-electron chi connectivity index (χ2n) is 7.68. The third kappa shape index (κ3) is 4.06. The van der Waals surface area contributed by atoms with Gasteiger partial charge in [0.05, 0.1) is 18.9 Å². The number of nitrogens with zero attached hydrogens (tertiary/aromatic N) is 3. The van der Waals surface area contributed by atoms with E-state index in [-0.39, 0.29) is 28.9 Å². The number of rotatable bonds is 6. The van der Waals surface area contributed by atoms with Gasteiger partial charge in [-0.25, -0.2) is 4.98 Å². The van der Waals surface area contributed by atoms with Gasteiger partial charge in [0.1, 0.15) is 12.2 Å². The fraction of sp³-hybridized carbons (Fsp3) is 0.611. The number of amides is 1. The van der Waals surface area contributed by atoms with Crippen molar-refractivity contribution in [3.05, 3.63) is 16.7 Å². The maximum absolute atomic E-state index is 12.4. The van der Waals surface area contributed by atoms with Gasteiger partial charge in [0.25, 0.3) is 5.56 Å². The summed E-state index contributed by atoms with van der Waals surface area (Å²) in [5, 5.41) is 22.5. The van der Waals surface area contributed by atoms with E-state index >= 15 is 0 Å². The molecule has 1 fully saturated rings. The van der Waals surface area contributed by atoms with Crippen LogP contribution in [0.5, 0.6) is 0 Å². The number of aromatic amines is 1. The predicted octanol–water partition coefficient (Wildman–Crippen LogP) is -0.467. The summed E-state index contributed by atoms with van der Waals surface area (Å²) in [4.78, 5) is 47.1. The first-order chi connectivity index (χ1) is 14.1. The van der Waals surface area contributed by atoms with E-state index in [9.17, 15) is 24.6 Å². The lowest BCUT2D eigenvalue weighted by molar-refractivity contribution is -0.162. The number of aliphatic hydroxyl groups excluding tert-OH is 2. The van der Waals surface area contributed by atoms with Crippen molar-refractivity contribution in [1.82, 2.24) is 19.5 Å². The Balaban J connectivity index is 2.02. The van der Waals surface area contributed by atoms with Crippen LogP contribution in [0.2, 0.25) is 0 Å². The molecular weight excluding hydrogens is 398 g/mol. The Morgan fingerprint density at radius 1 is 1.33 bits per heavy atom. The predicted molar refractivity (Wildman–Crippen MR) is 103 cm³/mol. The molecule has 164 valence electrons. The normalized spacial score (nSPS) is 24.0. The van der Waals surface area contributed by atoms with Gasteiger partial charge in [0.15, 0.2) is 23.5 Å². The van der Waals surface area contributed by atoms with Gasteiger partial charge in [0.2, 0.25) is 11.9 Å². The first kappa shape index (κ1) is 21.9. The number of aliphatic hydroxyl groups is 2. The number of carbonyl (C=O) groups excluding carboxylic acids is 2. The fourth-order valence-electron chi connectivity index (χ4n) is 2.92. The van der Waals surface area contributed by atoms with Crippen molar-refractivity contribution in [1.29, 1.82) is 0 Å². The van der Waals surface area contributed by atoms with Gasteiger partial charge < -0.3 is 19.7 Å². The highest BCUT2D eigenvalue weighted by molar-refractivity contribution is 5.91.